The van der Waals surface area contributed by atoms with Gasteiger partial charge in [-0.05, 0) is 34.0 Å². The predicted molar refractivity (Wildman–Crippen MR) is 156 cm³/mol. The Kier molecular flexibility index (Phi) is 8.04. The Bertz CT molecular complexity index is 1320. The van der Waals surface area contributed by atoms with Gasteiger partial charge in [-0.2, -0.15) is 0 Å². The fraction of sp³-hybridized carbons (Fsp3) is 0.375. The highest BCUT2D eigenvalue weighted by molar-refractivity contribution is 6.99. The van der Waals surface area contributed by atoms with Crippen LogP contribution in [0.15, 0.2) is 84.9 Å². The van der Waals surface area contributed by atoms with Crippen molar-refractivity contribution in [2.75, 3.05) is 6.61 Å². The number of carbonyl (C=O) groups is 2. The molecule has 41 heavy (non-hydrogen) atoms. The van der Waals surface area contributed by atoms with Crippen molar-refractivity contribution < 1.29 is 34.4 Å². The van der Waals surface area contributed by atoms with Gasteiger partial charge in [0.1, 0.15) is 18.3 Å². The molecule has 5 rings (SSSR count). The summed E-state index contributed by atoms with van der Waals surface area (Å²) < 4.78 is 6.99. The largest absolute Gasteiger partial charge is 0.407 e. The number of fused-ring (bicyclic) bond motifs is 1. The van der Waals surface area contributed by atoms with Crippen LogP contribution in [-0.4, -0.2) is 82.5 Å². The van der Waals surface area contributed by atoms with Gasteiger partial charge in [0.2, 0.25) is 0 Å². The maximum absolute atomic E-state index is 13.3. The van der Waals surface area contributed by atoms with E-state index in [9.17, 15) is 30.0 Å². The maximum Gasteiger partial charge on any atom is 0.261 e. The van der Waals surface area contributed by atoms with Gasteiger partial charge in [0.15, 0.2) is 0 Å². The highest BCUT2D eigenvalue weighted by Gasteiger charge is 2.53. The van der Waals surface area contributed by atoms with Crippen LogP contribution in [0, 0.1) is 5.92 Å². The summed E-state index contributed by atoms with van der Waals surface area (Å²) >= 11 is 0. The molecule has 1 aliphatic heterocycles. The fourth-order valence-electron chi connectivity index (χ4n) is 6.43. The maximum atomic E-state index is 13.3. The zero-order chi connectivity index (χ0) is 29.5. The molecule has 216 valence electrons. The number of nitrogens with zero attached hydrogens (tertiary/aromatic N) is 1. The van der Waals surface area contributed by atoms with E-state index in [1.165, 1.54) is 0 Å². The number of rotatable bonds is 6. The number of aliphatic hydroxyl groups is 4. The van der Waals surface area contributed by atoms with Crippen LogP contribution in [0.4, 0.5) is 0 Å². The number of aliphatic hydroxyl groups excluding tert-OH is 4. The summed E-state index contributed by atoms with van der Waals surface area (Å²) in [6, 6.07) is 25.1. The second-order valence-electron chi connectivity index (χ2n) is 12.0. The number of benzene rings is 3. The van der Waals surface area contributed by atoms with Crippen LogP contribution in [0.25, 0.3) is 0 Å². The molecule has 8 nitrogen and oxygen atoms in total. The highest BCUT2D eigenvalue weighted by atomic mass is 28.4. The molecule has 3 aromatic rings. The van der Waals surface area contributed by atoms with E-state index < -0.39 is 56.5 Å². The number of imide groups is 1. The normalized spacial score (nSPS) is 27.0. The summed E-state index contributed by atoms with van der Waals surface area (Å²) in [5.74, 6) is -1.98. The smallest absolute Gasteiger partial charge is 0.261 e. The second kappa shape index (κ2) is 11.2. The van der Waals surface area contributed by atoms with Crippen LogP contribution >= 0.6 is 0 Å². The van der Waals surface area contributed by atoms with E-state index in [4.69, 9.17) is 4.43 Å². The summed E-state index contributed by atoms with van der Waals surface area (Å²) in [6.07, 6.45) is -6.70. The third-order valence-corrected chi connectivity index (χ3v) is 13.6. The van der Waals surface area contributed by atoms with Gasteiger partial charge in [0.25, 0.3) is 20.1 Å². The van der Waals surface area contributed by atoms with Crippen molar-refractivity contribution in [3.05, 3.63) is 96.1 Å². The Labute approximate surface area is 241 Å². The Morgan fingerprint density at radius 3 is 1.61 bits per heavy atom. The Morgan fingerprint density at radius 2 is 1.15 bits per heavy atom. The quantitative estimate of drug-likeness (QED) is 0.200. The lowest BCUT2D eigenvalue weighted by atomic mass is 9.94. The molecule has 2 aliphatic rings. The Balaban J connectivity index is 1.53. The lowest BCUT2D eigenvalue weighted by Gasteiger charge is -2.44. The van der Waals surface area contributed by atoms with E-state index >= 15 is 0 Å². The van der Waals surface area contributed by atoms with Gasteiger partial charge in [-0.1, -0.05) is 93.6 Å². The average molecular weight is 576 g/mol. The number of hydrogen-bond acceptors (Lipinski definition) is 7. The van der Waals surface area contributed by atoms with E-state index in [0.717, 1.165) is 15.3 Å². The van der Waals surface area contributed by atoms with Crippen molar-refractivity contribution >= 4 is 30.5 Å². The minimum absolute atomic E-state index is 0.0371. The van der Waals surface area contributed by atoms with Gasteiger partial charge >= 0.3 is 0 Å². The minimum atomic E-state index is -3.03. The van der Waals surface area contributed by atoms with E-state index in [1.807, 2.05) is 60.7 Å². The van der Waals surface area contributed by atoms with Crippen molar-refractivity contribution in [1.29, 1.82) is 0 Å². The third-order valence-electron chi connectivity index (χ3n) is 8.56. The molecule has 1 fully saturated rings. The van der Waals surface area contributed by atoms with Gasteiger partial charge in [0.05, 0.1) is 23.3 Å². The highest BCUT2D eigenvalue weighted by Crippen LogP contribution is 2.39. The van der Waals surface area contributed by atoms with Crippen molar-refractivity contribution in [1.82, 2.24) is 4.90 Å². The summed E-state index contributed by atoms with van der Waals surface area (Å²) in [5.41, 5.74) is 0.425. The first-order valence-electron chi connectivity index (χ1n) is 13.9. The van der Waals surface area contributed by atoms with Gasteiger partial charge in [0, 0.05) is 12.5 Å². The van der Waals surface area contributed by atoms with Crippen LogP contribution in [0.5, 0.6) is 0 Å². The monoisotopic (exact) mass is 575 g/mol. The molecule has 0 aromatic heterocycles. The van der Waals surface area contributed by atoms with Crippen molar-refractivity contribution in [3.8, 4) is 0 Å². The Hall–Kier alpha value is -3.18. The number of hydrogen-bond donors (Lipinski definition) is 4. The molecule has 0 radical (unpaired) electrons. The molecule has 0 bridgehead atoms. The second-order valence-corrected chi connectivity index (χ2v) is 16.3. The average Bonchev–Trinajstić information content (AvgIpc) is 3.19. The van der Waals surface area contributed by atoms with Gasteiger partial charge in [-0.3, -0.25) is 14.5 Å². The zero-order valence-electron chi connectivity index (χ0n) is 23.4. The standard InChI is InChI=1S/C32H37NO7Si/c1-32(2,3)41(21-12-6-4-7-13-21,22-14-8-5-9-15-22)40-19-20-18-25(27(35)29(37)28(36)26(20)34)33-30(38)23-16-10-11-17-24(23)31(33)39/h4-17,20,25-29,34-37H,18-19H2,1-3H3/t20-,25-,26-,27+,28+,29-/m1/s1. The zero-order valence-corrected chi connectivity index (χ0v) is 24.4. The van der Waals surface area contributed by atoms with Crippen LogP contribution in [0.3, 0.4) is 0 Å². The molecule has 0 saturated heterocycles. The van der Waals surface area contributed by atoms with Gasteiger partial charge in [-0.15, -0.1) is 0 Å². The molecule has 6 atom stereocenters. The molecular formula is C32H37NO7Si. The first-order chi connectivity index (χ1) is 19.5. The first-order valence-corrected chi connectivity index (χ1v) is 15.8. The summed E-state index contributed by atoms with van der Waals surface area (Å²) in [6.45, 7) is 6.32. The van der Waals surface area contributed by atoms with Crippen molar-refractivity contribution in [2.24, 2.45) is 5.92 Å². The topological polar surface area (TPSA) is 128 Å². The summed E-state index contributed by atoms with van der Waals surface area (Å²) in [7, 11) is -3.03. The summed E-state index contributed by atoms with van der Waals surface area (Å²) in [5, 5.41) is 45.7. The van der Waals surface area contributed by atoms with E-state index in [-0.39, 0.29) is 29.2 Å². The molecule has 1 aliphatic carbocycles. The molecule has 3 aromatic carbocycles. The van der Waals surface area contributed by atoms with Crippen molar-refractivity contribution in [3.63, 3.8) is 0 Å². The molecule has 2 amide bonds. The van der Waals surface area contributed by atoms with E-state index in [0.29, 0.717) is 0 Å². The van der Waals surface area contributed by atoms with Crippen molar-refractivity contribution in [2.45, 2.75) is 62.7 Å². The lowest BCUT2D eigenvalue weighted by molar-refractivity contribution is -0.112. The Morgan fingerprint density at radius 1 is 0.707 bits per heavy atom. The fourth-order valence-corrected chi connectivity index (χ4v) is 11.0. The van der Waals surface area contributed by atoms with E-state index in [1.54, 1.807) is 24.3 Å². The molecule has 4 N–H and O–H groups in total. The van der Waals surface area contributed by atoms with Crippen LogP contribution in [0.2, 0.25) is 5.04 Å². The van der Waals surface area contributed by atoms with Crippen LogP contribution in [-0.2, 0) is 4.43 Å². The molecule has 1 heterocycles. The minimum Gasteiger partial charge on any atom is -0.407 e. The lowest BCUT2D eigenvalue weighted by Crippen LogP contribution is -2.67. The molecule has 0 spiro atoms. The van der Waals surface area contributed by atoms with Gasteiger partial charge < -0.3 is 24.9 Å². The molecule has 1 saturated carbocycles. The third kappa shape index (κ3) is 4.96. The van der Waals surface area contributed by atoms with Crippen LogP contribution in [0.1, 0.15) is 47.9 Å². The first kappa shape index (κ1) is 29.3. The number of amides is 2. The predicted octanol–water partition coefficient (Wildman–Crippen LogP) is 1.69. The molecular weight excluding hydrogens is 538 g/mol. The van der Waals surface area contributed by atoms with Crippen LogP contribution < -0.4 is 10.4 Å². The SMILES string of the molecule is CC(C)(C)[Si](OC[C@H]1C[C@@H](N2C(=O)c3ccccc3C2=O)[C@H](O)[C@@H](O)[C@@H](O)[C@@H]1O)(c1ccccc1)c1ccccc1. The number of carbonyl (C=O) groups excluding carboxylic acids is 2. The van der Waals surface area contributed by atoms with Gasteiger partial charge in [-0.25, -0.2) is 0 Å². The molecule has 9 heteroatoms. The van der Waals surface area contributed by atoms with E-state index in [2.05, 4.69) is 20.8 Å². The summed E-state index contributed by atoms with van der Waals surface area (Å²) in [4.78, 5) is 27.6. The molecule has 0 unspecified atom stereocenters.